The molecule has 0 unspecified atom stereocenters. The van der Waals surface area contributed by atoms with Crippen LogP contribution in [-0.4, -0.2) is 49.8 Å². The van der Waals surface area contributed by atoms with E-state index in [9.17, 15) is 4.79 Å². The maximum Gasteiger partial charge on any atom is 0.228 e. The number of nitrogens with zero attached hydrogens (tertiary/aromatic N) is 6. The highest BCUT2D eigenvalue weighted by Gasteiger charge is 2.32. The molecule has 5 heterocycles. The second kappa shape index (κ2) is 8.86. The number of fused-ring (bicyclic) bond motifs is 2. The Labute approximate surface area is 195 Å². The molecule has 5 rings (SSSR count). The summed E-state index contributed by atoms with van der Waals surface area (Å²) in [6.07, 6.45) is 5.43. The number of hydrogen-bond acceptors (Lipinski definition) is 5. The first kappa shape index (κ1) is 22.0. The summed E-state index contributed by atoms with van der Waals surface area (Å²) >= 11 is 0. The summed E-state index contributed by atoms with van der Waals surface area (Å²) in [4.78, 5) is 31.8. The van der Waals surface area contributed by atoms with Crippen LogP contribution in [0.1, 0.15) is 67.5 Å². The number of amides is 1. The fourth-order valence-electron chi connectivity index (χ4n) is 5.16. The Hall–Kier alpha value is -2.80. The second-order valence-corrected chi connectivity index (χ2v) is 9.99. The van der Waals surface area contributed by atoms with E-state index in [0.29, 0.717) is 12.3 Å². The number of likely N-dealkylation sites (tertiary alicyclic amines) is 1. The number of rotatable bonds is 6. The predicted octanol–water partition coefficient (Wildman–Crippen LogP) is 4.06. The van der Waals surface area contributed by atoms with Crippen LogP contribution in [0.3, 0.4) is 0 Å². The fourth-order valence-corrected chi connectivity index (χ4v) is 5.16. The van der Waals surface area contributed by atoms with Crippen LogP contribution in [0.2, 0.25) is 0 Å². The van der Waals surface area contributed by atoms with E-state index in [1.807, 2.05) is 11.0 Å². The van der Waals surface area contributed by atoms with Gasteiger partial charge in [-0.25, -0.2) is 15.0 Å². The van der Waals surface area contributed by atoms with Crippen molar-refractivity contribution in [3.05, 3.63) is 52.9 Å². The van der Waals surface area contributed by atoms with Gasteiger partial charge in [0.15, 0.2) is 0 Å². The first-order chi connectivity index (χ1) is 15.9. The monoisotopic (exact) mass is 446 g/mol. The molecule has 0 N–H and O–H groups in total. The number of hydrogen-bond donors (Lipinski definition) is 0. The second-order valence-electron chi connectivity index (χ2n) is 9.99. The van der Waals surface area contributed by atoms with Gasteiger partial charge in [-0.15, -0.1) is 0 Å². The maximum atomic E-state index is 12.7. The van der Waals surface area contributed by atoms with Gasteiger partial charge in [0.05, 0.1) is 11.4 Å². The van der Waals surface area contributed by atoms with Crippen LogP contribution in [0.25, 0.3) is 5.65 Å². The van der Waals surface area contributed by atoms with Crippen molar-refractivity contribution in [3.63, 3.8) is 0 Å². The van der Waals surface area contributed by atoms with Crippen molar-refractivity contribution < 1.29 is 4.79 Å². The number of anilines is 1. The minimum atomic E-state index is 0.198. The molecule has 1 amide bonds. The van der Waals surface area contributed by atoms with Gasteiger partial charge in [0.1, 0.15) is 17.3 Å². The highest BCUT2D eigenvalue weighted by molar-refractivity contribution is 5.95. The zero-order chi connectivity index (χ0) is 23.1. The Morgan fingerprint density at radius 2 is 1.94 bits per heavy atom. The lowest BCUT2D eigenvalue weighted by atomic mass is 10.0. The molecule has 2 aliphatic heterocycles. The smallest absolute Gasteiger partial charge is 0.228 e. The van der Waals surface area contributed by atoms with Gasteiger partial charge in [-0.2, -0.15) is 0 Å². The van der Waals surface area contributed by atoms with Crippen molar-refractivity contribution in [2.75, 3.05) is 24.5 Å². The number of pyridine rings is 1. The van der Waals surface area contributed by atoms with Crippen LogP contribution in [-0.2, 0) is 17.8 Å². The van der Waals surface area contributed by atoms with Crippen LogP contribution in [0, 0.1) is 19.8 Å². The van der Waals surface area contributed by atoms with Crippen molar-refractivity contribution >= 4 is 17.4 Å². The molecule has 33 heavy (non-hydrogen) atoms. The molecule has 0 spiro atoms. The summed E-state index contributed by atoms with van der Waals surface area (Å²) in [5.41, 5.74) is 5.52. The van der Waals surface area contributed by atoms with E-state index in [4.69, 9.17) is 15.0 Å². The molecule has 0 bridgehead atoms. The van der Waals surface area contributed by atoms with Gasteiger partial charge in [-0.1, -0.05) is 19.9 Å². The highest BCUT2D eigenvalue weighted by Crippen LogP contribution is 2.33. The molecule has 0 aromatic carbocycles. The average Bonchev–Trinajstić information content (AvgIpc) is 3.37. The van der Waals surface area contributed by atoms with Crippen molar-refractivity contribution in [3.8, 4) is 0 Å². The molecule has 3 aromatic rings. The molecule has 2 aliphatic rings. The van der Waals surface area contributed by atoms with E-state index in [2.05, 4.69) is 55.3 Å². The molecule has 7 heteroatoms. The van der Waals surface area contributed by atoms with Crippen LogP contribution in [0.4, 0.5) is 5.82 Å². The van der Waals surface area contributed by atoms with Gasteiger partial charge in [0.25, 0.3) is 0 Å². The lowest BCUT2D eigenvalue weighted by Crippen LogP contribution is -2.38. The van der Waals surface area contributed by atoms with Gasteiger partial charge in [0, 0.05) is 49.4 Å². The van der Waals surface area contributed by atoms with Crippen molar-refractivity contribution in [1.29, 1.82) is 0 Å². The molecule has 0 aliphatic carbocycles. The lowest BCUT2D eigenvalue weighted by molar-refractivity contribution is -0.119. The molecular weight excluding hydrogens is 412 g/mol. The highest BCUT2D eigenvalue weighted by atomic mass is 16.2. The van der Waals surface area contributed by atoms with E-state index in [0.717, 1.165) is 79.7 Å². The molecule has 0 saturated carbocycles. The molecule has 0 radical (unpaired) electrons. The van der Waals surface area contributed by atoms with E-state index in [1.165, 1.54) is 5.69 Å². The van der Waals surface area contributed by atoms with E-state index in [-0.39, 0.29) is 11.8 Å². The summed E-state index contributed by atoms with van der Waals surface area (Å²) in [6.45, 7) is 12.1. The zero-order valence-corrected chi connectivity index (χ0v) is 20.2. The molecule has 1 fully saturated rings. The summed E-state index contributed by atoms with van der Waals surface area (Å²) in [5, 5.41) is 0. The third-order valence-electron chi connectivity index (χ3n) is 7.12. The number of carbonyl (C=O) groups excluding carboxylic acids is 1. The topological polar surface area (TPSA) is 66.6 Å². The average molecular weight is 447 g/mol. The summed E-state index contributed by atoms with van der Waals surface area (Å²) < 4.78 is 2.19. The van der Waals surface area contributed by atoms with Crippen LogP contribution in [0.5, 0.6) is 0 Å². The third-order valence-corrected chi connectivity index (χ3v) is 7.12. The van der Waals surface area contributed by atoms with Crippen molar-refractivity contribution in [2.45, 2.75) is 65.8 Å². The number of carbonyl (C=O) groups is 1. The third kappa shape index (κ3) is 4.26. The standard InChI is InChI=1S/C26H34N6O/c1-17(2)10-14-32-24(33)9-8-21-18(3)28-25(29-26(21)32)20-11-13-30(15-20)16-22-19(4)27-23-7-5-6-12-31(22)23/h5-7,12,17,20H,8-11,13-16H2,1-4H3/t20-/m1/s1. The van der Waals surface area contributed by atoms with Gasteiger partial charge in [0.2, 0.25) is 5.91 Å². The Balaban J connectivity index is 1.36. The lowest BCUT2D eigenvalue weighted by Gasteiger charge is -2.30. The number of aryl methyl sites for hydroxylation is 2. The Bertz CT molecular complexity index is 1180. The minimum Gasteiger partial charge on any atom is -0.302 e. The van der Waals surface area contributed by atoms with E-state index < -0.39 is 0 Å². The first-order valence-corrected chi connectivity index (χ1v) is 12.2. The molecule has 7 nitrogen and oxygen atoms in total. The minimum absolute atomic E-state index is 0.198. The Kier molecular flexibility index (Phi) is 5.91. The largest absolute Gasteiger partial charge is 0.302 e. The maximum absolute atomic E-state index is 12.7. The van der Waals surface area contributed by atoms with E-state index >= 15 is 0 Å². The van der Waals surface area contributed by atoms with Crippen LogP contribution in [0.15, 0.2) is 24.4 Å². The van der Waals surface area contributed by atoms with Crippen molar-refractivity contribution in [1.82, 2.24) is 24.3 Å². The summed E-state index contributed by atoms with van der Waals surface area (Å²) in [5.74, 6) is 2.80. The zero-order valence-electron chi connectivity index (χ0n) is 20.2. The molecule has 1 atom stereocenters. The van der Waals surface area contributed by atoms with Gasteiger partial charge >= 0.3 is 0 Å². The fraction of sp³-hybridized carbons (Fsp3) is 0.538. The summed E-state index contributed by atoms with van der Waals surface area (Å²) in [7, 11) is 0. The van der Waals surface area contributed by atoms with Crippen LogP contribution >= 0.6 is 0 Å². The Morgan fingerprint density at radius 1 is 1.09 bits per heavy atom. The van der Waals surface area contributed by atoms with Crippen molar-refractivity contribution in [2.24, 2.45) is 5.92 Å². The number of imidazole rings is 1. The SMILES string of the molecule is Cc1nc([C@@H]2CCN(Cc3c(C)nc4ccccn34)C2)nc2c1CCC(=O)N2CCC(C)C. The molecule has 174 valence electrons. The predicted molar refractivity (Wildman–Crippen MR) is 129 cm³/mol. The number of aromatic nitrogens is 4. The van der Waals surface area contributed by atoms with Gasteiger partial charge in [-0.3, -0.25) is 14.6 Å². The first-order valence-electron chi connectivity index (χ1n) is 12.2. The molecule has 3 aromatic heterocycles. The van der Waals surface area contributed by atoms with Gasteiger partial charge in [-0.05, 0) is 57.7 Å². The summed E-state index contributed by atoms with van der Waals surface area (Å²) in [6, 6.07) is 6.14. The molecular formula is C26H34N6O. The van der Waals surface area contributed by atoms with Gasteiger partial charge < -0.3 is 4.40 Å². The normalized spacial score (nSPS) is 19.1. The Morgan fingerprint density at radius 3 is 2.76 bits per heavy atom. The molecule has 1 saturated heterocycles. The van der Waals surface area contributed by atoms with E-state index in [1.54, 1.807) is 0 Å². The van der Waals surface area contributed by atoms with Crippen LogP contribution < -0.4 is 4.90 Å². The quantitative estimate of drug-likeness (QED) is 0.571.